The molecule has 0 aliphatic carbocycles. The van der Waals surface area contributed by atoms with Crippen LogP contribution in [0.1, 0.15) is 28.8 Å². The second-order valence-electron chi connectivity index (χ2n) is 5.73. The molecule has 2 heterocycles. The first-order valence-electron chi connectivity index (χ1n) is 7.48. The molecule has 4 rings (SSSR count). The summed E-state index contributed by atoms with van der Waals surface area (Å²) in [6.45, 7) is 0.754. The quantitative estimate of drug-likeness (QED) is 0.867. The van der Waals surface area contributed by atoms with E-state index in [9.17, 15) is 4.79 Å². The molecular weight excluding hydrogens is 274 g/mol. The number of hydrogen-bond donors (Lipinski definition) is 0. The average molecular weight is 291 g/mol. The van der Waals surface area contributed by atoms with E-state index in [0.29, 0.717) is 0 Å². The molecule has 2 aliphatic heterocycles. The van der Waals surface area contributed by atoms with Crippen molar-refractivity contribution in [1.29, 1.82) is 0 Å². The molecule has 0 amide bonds. The summed E-state index contributed by atoms with van der Waals surface area (Å²) in [6, 6.07) is 16.2. The molecule has 110 valence electrons. The van der Waals surface area contributed by atoms with Crippen LogP contribution in [0.25, 0.3) is 0 Å². The maximum Gasteiger partial charge on any atom is 0.177 e. The molecule has 22 heavy (non-hydrogen) atoms. The van der Waals surface area contributed by atoms with Crippen LogP contribution in [-0.4, -0.2) is 17.8 Å². The van der Waals surface area contributed by atoms with Crippen LogP contribution in [0.4, 0.5) is 0 Å². The van der Waals surface area contributed by atoms with Gasteiger partial charge in [0.25, 0.3) is 0 Å². The molecule has 3 nitrogen and oxygen atoms in total. The minimum absolute atomic E-state index is 0.135. The van der Waals surface area contributed by atoms with Gasteiger partial charge in [-0.2, -0.15) is 0 Å². The van der Waals surface area contributed by atoms with Crippen molar-refractivity contribution in [3.63, 3.8) is 0 Å². The normalized spacial score (nSPS) is 22.7. The van der Waals surface area contributed by atoms with Gasteiger partial charge >= 0.3 is 0 Å². The van der Waals surface area contributed by atoms with E-state index in [1.165, 1.54) is 11.1 Å². The standard InChI is InChI=1S/C19H17NO2/c1-22-17-9-5-8-14-15-10-11-16(21)19(18(14)17)20(15)12-13-6-3-2-4-7-13/h2-11,15,19H,12H2,1H3/t15-,19+/m0/s1. The summed E-state index contributed by atoms with van der Waals surface area (Å²) in [7, 11) is 1.66. The Bertz CT molecular complexity index is 751. The Labute approximate surface area is 129 Å². The molecule has 0 spiro atoms. The Morgan fingerprint density at radius 1 is 1.09 bits per heavy atom. The van der Waals surface area contributed by atoms with Gasteiger partial charge in [-0.05, 0) is 23.3 Å². The van der Waals surface area contributed by atoms with Gasteiger partial charge in [-0.1, -0.05) is 48.5 Å². The van der Waals surface area contributed by atoms with E-state index in [1.54, 1.807) is 13.2 Å². The fourth-order valence-corrected chi connectivity index (χ4v) is 3.58. The van der Waals surface area contributed by atoms with Crippen LogP contribution in [-0.2, 0) is 11.3 Å². The Balaban J connectivity index is 1.79. The summed E-state index contributed by atoms with van der Waals surface area (Å²) in [5.41, 5.74) is 3.43. The number of carbonyl (C=O) groups is 1. The fourth-order valence-electron chi connectivity index (χ4n) is 3.58. The molecule has 0 radical (unpaired) electrons. The van der Waals surface area contributed by atoms with Gasteiger partial charge in [-0.3, -0.25) is 9.69 Å². The predicted octanol–water partition coefficient (Wildman–Crippen LogP) is 3.43. The number of ketones is 1. The maximum absolute atomic E-state index is 12.5. The van der Waals surface area contributed by atoms with E-state index >= 15 is 0 Å². The summed E-state index contributed by atoms with van der Waals surface area (Å²) in [4.78, 5) is 14.8. The lowest BCUT2D eigenvalue weighted by atomic mass is 10.0. The monoisotopic (exact) mass is 291 g/mol. The number of benzene rings is 2. The lowest BCUT2D eigenvalue weighted by molar-refractivity contribution is -0.120. The highest BCUT2D eigenvalue weighted by molar-refractivity contribution is 5.98. The molecule has 0 fully saturated rings. The van der Waals surface area contributed by atoms with Gasteiger partial charge in [0.2, 0.25) is 0 Å². The highest BCUT2D eigenvalue weighted by Gasteiger charge is 2.44. The minimum Gasteiger partial charge on any atom is -0.496 e. The molecule has 3 heteroatoms. The first-order chi connectivity index (χ1) is 10.8. The predicted molar refractivity (Wildman–Crippen MR) is 84.6 cm³/mol. The van der Waals surface area contributed by atoms with E-state index in [-0.39, 0.29) is 17.9 Å². The summed E-state index contributed by atoms with van der Waals surface area (Å²) in [5.74, 6) is 0.940. The molecule has 0 N–H and O–H groups in total. The van der Waals surface area contributed by atoms with E-state index < -0.39 is 0 Å². The summed E-state index contributed by atoms with van der Waals surface area (Å²) in [6.07, 6.45) is 3.73. The fraction of sp³-hybridized carbons (Fsp3) is 0.211. The zero-order valence-electron chi connectivity index (χ0n) is 12.4. The molecule has 0 unspecified atom stereocenters. The van der Waals surface area contributed by atoms with Crippen molar-refractivity contribution in [2.75, 3.05) is 7.11 Å². The van der Waals surface area contributed by atoms with Crippen molar-refractivity contribution < 1.29 is 9.53 Å². The smallest absolute Gasteiger partial charge is 0.177 e. The average Bonchev–Trinajstić information content (AvgIpc) is 2.78. The SMILES string of the molecule is COc1cccc2c1[C@H]1C(=O)C=C[C@@H]2N1Cc1ccccc1. The highest BCUT2D eigenvalue weighted by Crippen LogP contribution is 2.50. The zero-order valence-corrected chi connectivity index (χ0v) is 12.4. The zero-order chi connectivity index (χ0) is 15.1. The maximum atomic E-state index is 12.5. The van der Waals surface area contributed by atoms with E-state index in [1.807, 2.05) is 36.4 Å². The van der Waals surface area contributed by atoms with Gasteiger partial charge in [0.1, 0.15) is 11.8 Å². The third kappa shape index (κ3) is 1.90. The number of hydrogen-bond acceptors (Lipinski definition) is 3. The topological polar surface area (TPSA) is 29.5 Å². The van der Waals surface area contributed by atoms with Crippen LogP contribution in [0.3, 0.4) is 0 Å². The van der Waals surface area contributed by atoms with Crippen molar-refractivity contribution in [3.05, 3.63) is 77.4 Å². The van der Waals surface area contributed by atoms with Gasteiger partial charge in [0, 0.05) is 12.1 Å². The lowest BCUT2D eigenvalue weighted by Crippen LogP contribution is -2.32. The van der Waals surface area contributed by atoms with Crippen molar-refractivity contribution in [2.45, 2.75) is 18.6 Å². The van der Waals surface area contributed by atoms with Gasteiger partial charge in [-0.25, -0.2) is 0 Å². The molecule has 2 bridgehead atoms. The molecule has 2 atom stereocenters. The summed E-state index contributed by atoms with van der Waals surface area (Å²) in [5, 5.41) is 0. The Kier molecular flexibility index (Phi) is 3.09. The van der Waals surface area contributed by atoms with Crippen LogP contribution in [0.5, 0.6) is 5.75 Å². The number of ether oxygens (including phenoxy) is 1. The molecule has 2 aliphatic rings. The Hall–Kier alpha value is -2.39. The number of fused-ring (bicyclic) bond motifs is 5. The number of methoxy groups -OCH3 is 1. The molecule has 0 aromatic heterocycles. The van der Waals surface area contributed by atoms with Gasteiger partial charge < -0.3 is 4.74 Å². The third-order valence-electron chi connectivity index (χ3n) is 4.52. The molecule has 0 saturated heterocycles. The van der Waals surface area contributed by atoms with E-state index in [2.05, 4.69) is 23.1 Å². The first kappa shape index (κ1) is 13.3. The second kappa shape index (κ2) is 5.11. The van der Waals surface area contributed by atoms with E-state index in [4.69, 9.17) is 4.74 Å². The van der Waals surface area contributed by atoms with Crippen LogP contribution in [0.15, 0.2) is 60.7 Å². The third-order valence-corrected chi connectivity index (χ3v) is 4.52. The number of nitrogens with zero attached hydrogens (tertiary/aromatic N) is 1. The Morgan fingerprint density at radius 3 is 2.68 bits per heavy atom. The first-order valence-corrected chi connectivity index (χ1v) is 7.48. The molecule has 2 aromatic rings. The molecular formula is C19H17NO2. The lowest BCUT2D eigenvalue weighted by Gasteiger charge is -2.30. The molecule has 0 saturated carbocycles. The van der Waals surface area contributed by atoms with Gasteiger partial charge in [-0.15, -0.1) is 0 Å². The number of carbonyl (C=O) groups excluding carboxylic acids is 1. The van der Waals surface area contributed by atoms with E-state index in [0.717, 1.165) is 17.9 Å². The second-order valence-corrected chi connectivity index (χ2v) is 5.73. The van der Waals surface area contributed by atoms with Gasteiger partial charge in [0.15, 0.2) is 5.78 Å². The van der Waals surface area contributed by atoms with Crippen molar-refractivity contribution in [1.82, 2.24) is 4.90 Å². The highest BCUT2D eigenvalue weighted by atomic mass is 16.5. The largest absolute Gasteiger partial charge is 0.496 e. The van der Waals surface area contributed by atoms with Crippen LogP contribution in [0, 0.1) is 0 Å². The number of rotatable bonds is 3. The van der Waals surface area contributed by atoms with Crippen molar-refractivity contribution in [2.24, 2.45) is 0 Å². The van der Waals surface area contributed by atoms with Crippen LogP contribution < -0.4 is 4.74 Å². The minimum atomic E-state index is -0.235. The van der Waals surface area contributed by atoms with Crippen molar-refractivity contribution >= 4 is 5.78 Å². The van der Waals surface area contributed by atoms with Gasteiger partial charge in [0.05, 0.1) is 13.2 Å². The summed E-state index contributed by atoms with van der Waals surface area (Å²) >= 11 is 0. The van der Waals surface area contributed by atoms with Crippen molar-refractivity contribution in [3.8, 4) is 5.75 Å². The van der Waals surface area contributed by atoms with Crippen LogP contribution in [0.2, 0.25) is 0 Å². The molecule has 2 aromatic carbocycles. The van der Waals surface area contributed by atoms with Crippen LogP contribution >= 0.6 is 0 Å². The summed E-state index contributed by atoms with van der Waals surface area (Å²) < 4.78 is 5.51. The Morgan fingerprint density at radius 2 is 1.91 bits per heavy atom.